The Hall–Kier alpha value is -2.45. The van der Waals surface area contributed by atoms with Crippen LogP contribution in [0.4, 0.5) is 10.5 Å². The lowest BCUT2D eigenvalue weighted by Gasteiger charge is -2.34. The van der Waals surface area contributed by atoms with E-state index in [1.807, 2.05) is 48.5 Å². The van der Waals surface area contributed by atoms with E-state index in [0.29, 0.717) is 31.9 Å². The molecule has 0 radical (unpaired) electrons. The number of nitrogens with zero attached hydrogens (tertiary/aromatic N) is 3. The zero-order valence-electron chi connectivity index (χ0n) is 14.4. The van der Waals surface area contributed by atoms with Crippen LogP contribution in [0.3, 0.4) is 0 Å². The molecule has 0 saturated carbocycles. The summed E-state index contributed by atoms with van der Waals surface area (Å²) < 4.78 is 6.18. The molecule has 0 atom stereocenters. The predicted octanol–water partition coefficient (Wildman–Crippen LogP) is 4.05. The molecule has 138 valence electrons. The van der Waals surface area contributed by atoms with Gasteiger partial charge in [0.1, 0.15) is 5.69 Å². The lowest BCUT2D eigenvalue weighted by Crippen LogP contribution is -2.51. The molecule has 2 aromatic carbocycles. The number of para-hydroxylation sites is 1. The number of nitrogens with one attached hydrogen (secondary N) is 1. The SMILES string of the molecule is O=C(Nc1ccccc1Br)N1CCN(C(=O)c2nsc3ccccc23)CC1. The number of urea groups is 1. The van der Waals surface area contributed by atoms with Gasteiger partial charge in [-0.05, 0) is 45.7 Å². The van der Waals surface area contributed by atoms with Gasteiger partial charge in [-0.25, -0.2) is 4.79 Å². The second-order valence-electron chi connectivity index (χ2n) is 6.22. The molecule has 0 unspecified atom stereocenters. The van der Waals surface area contributed by atoms with Gasteiger partial charge in [-0.2, -0.15) is 4.37 Å². The summed E-state index contributed by atoms with van der Waals surface area (Å²) in [5.41, 5.74) is 1.23. The Morgan fingerprint density at radius 1 is 0.963 bits per heavy atom. The average molecular weight is 445 g/mol. The normalized spacial score (nSPS) is 14.4. The lowest BCUT2D eigenvalue weighted by molar-refractivity contribution is 0.0669. The van der Waals surface area contributed by atoms with Gasteiger partial charge < -0.3 is 15.1 Å². The molecule has 3 aromatic rings. The number of carbonyl (C=O) groups excluding carboxylic acids is 2. The molecule has 4 rings (SSSR count). The van der Waals surface area contributed by atoms with Gasteiger partial charge in [0.2, 0.25) is 0 Å². The first-order chi connectivity index (χ1) is 13.1. The van der Waals surface area contributed by atoms with Crippen molar-refractivity contribution in [2.24, 2.45) is 0 Å². The highest BCUT2D eigenvalue weighted by atomic mass is 79.9. The summed E-state index contributed by atoms with van der Waals surface area (Å²) in [5, 5.41) is 3.79. The molecular formula is C19H17BrN4O2S. The Labute approximate surface area is 169 Å². The van der Waals surface area contributed by atoms with Crippen molar-refractivity contribution in [3.8, 4) is 0 Å². The molecule has 0 spiro atoms. The van der Waals surface area contributed by atoms with Crippen molar-refractivity contribution >= 4 is 55.2 Å². The number of aromatic nitrogens is 1. The van der Waals surface area contributed by atoms with Crippen molar-refractivity contribution in [3.63, 3.8) is 0 Å². The number of rotatable bonds is 2. The molecular weight excluding hydrogens is 428 g/mol. The van der Waals surface area contributed by atoms with E-state index >= 15 is 0 Å². The van der Waals surface area contributed by atoms with E-state index in [4.69, 9.17) is 0 Å². The summed E-state index contributed by atoms with van der Waals surface area (Å²) in [7, 11) is 0. The molecule has 27 heavy (non-hydrogen) atoms. The molecule has 1 N–H and O–H groups in total. The molecule has 8 heteroatoms. The molecule has 0 aliphatic carbocycles. The van der Waals surface area contributed by atoms with Crippen LogP contribution in [0.2, 0.25) is 0 Å². The van der Waals surface area contributed by atoms with Crippen molar-refractivity contribution in [3.05, 3.63) is 58.7 Å². The number of piperazine rings is 1. The highest BCUT2D eigenvalue weighted by molar-refractivity contribution is 9.10. The van der Waals surface area contributed by atoms with Crippen molar-refractivity contribution in [2.75, 3.05) is 31.5 Å². The second-order valence-corrected chi connectivity index (χ2v) is 7.88. The number of hydrogen-bond donors (Lipinski definition) is 1. The standard InChI is InChI=1S/C19H17BrN4O2S/c20-14-6-2-3-7-15(14)21-19(26)24-11-9-23(10-12-24)18(25)17-13-5-1-4-8-16(13)27-22-17/h1-8H,9-12H2,(H,21,26). The molecule has 1 fully saturated rings. The van der Waals surface area contributed by atoms with Crippen molar-refractivity contribution in [1.82, 2.24) is 14.2 Å². The first-order valence-electron chi connectivity index (χ1n) is 8.57. The predicted molar refractivity (Wildman–Crippen MR) is 110 cm³/mol. The smallest absolute Gasteiger partial charge is 0.321 e. The summed E-state index contributed by atoms with van der Waals surface area (Å²) in [6.45, 7) is 1.97. The largest absolute Gasteiger partial charge is 0.334 e. The number of anilines is 1. The number of fused-ring (bicyclic) bond motifs is 1. The third-order valence-corrected chi connectivity index (χ3v) is 6.07. The van der Waals surface area contributed by atoms with Crippen molar-refractivity contribution < 1.29 is 9.59 Å². The Morgan fingerprint density at radius 2 is 1.63 bits per heavy atom. The zero-order chi connectivity index (χ0) is 18.8. The highest BCUT2D eigenvalue weighted by Crippen LogP contribution is 2.24. The quantitative estimate of drug-likeness (QED) is 0.648. The molecule has 6 nitrogen and oxygen atoms in total. The van der Waals surface area contributed by atoms with E-state index in [1.54, 1.807) is 9.80 Å². The maximum Gasteiger partial charge on any atom is 0.321 e. The molecule has 2 heterocycles. The van der Waals surface area contributed by atoms with Crippen LogP contribution in [0.15, 0.2) is 53.0 Å². The maximum absolute atomic E-state index is 12.8. The van der Waals surface area contributed by atoms with E-state index in [2.05, 4.69) is 25.6 Å². The summed E-state index contributed by atoms with van der Waals surface area (Å²) in [6, 6.07) is 15.1. The minimum Gasteiger partial charge on any atom is -0.334 e. The number of benzene rings is 2. The third-order valence-electron chi connectivity index (χ3n) is 4.55. The fourth-order valence-electron chi connectivity index (χ4n) is 3.06. The fraction of sp³-hybridized carbons (Fsp3) is 0.211. The van der Waals surface area contributed by atoms with Crippen LogP contribution in [0, 0.1) is 0 Å². The third kappa shape index (κ3) is 3.68. The van der Waals surface area contributed by atoms with Gasteiger partial charge in [0.25, 0.3) is 5.91 Å². The summed E-state index contributed by atoms with van der Waals surface area (Å²) >= 11 is 4.76. The first-order valence-corrected chi connectivity index (χ1v) is 10.1. The van der Waals surface area contributed by atoms with Gasteiger partial charge >= 0.3 is 6.03 Å². The van der Waals surface area contributed by atoms with Gasteiger partial charge in [0.15, 0.2) is 0 Å². The number of carbonyl (C=O) groups is 2. The Balaban J connectivity index is 1.39. The first kappa shape index (κ1) is 17.9. The van der Waals surface area contributed by atoms with E-state index < -0.39 is 0 Å². The molecule has 1 aliphatic heterocycles. The zero-order valence-corrected chi connectivity index (χ0v) is 16.8. The highest BCUT2D eigenvalue weighted by Gasteiger charge is 2.27. The Morgan fingerprint density at radius 3 is 2.41 bits per heavy atom. The Kier molecular flexibility index (Phi) is 5.09. The maximum atomic E-state index is 12.8. The lowest BCUT2D eigenvalue weighted by atomic mass is 10.2. The summed E-state index contributed by atoms with van der Waals surface area (Å²) in [5.74, 6) is -0.0710. The molecule has 1 aromatic heterocycles. The van der Waals surface area contributed by atoms with E-state index in [9.17, 15) is 9.59 Å². The summed E-state index contributed by atoms with van der Waals surface area (Å²) in [6.07, 6.45) is 0. The average Bonchev–Trinajstić information content (AvgIpc) is 3.13. The van der Waals surface area contributed by atoms with Crippen LogP contribution < -0.4 is 5.32 Å². The van der Waals surface area contributed by atoms with Gasteiger partial charge in [0, 0.05) is 36.0 Å². The van der Waals surface area contributed by atoms with Crippen LogP contribution in [-0.4, -0.2) is 52.3 Å². The number of halogens is 1. The van der Waals surface area contributed by atoms with E-state index in [0.717, 1.165) is 20.2 Å². The minimum atomic E-state index is -0.159. The van der Waals surface area contributed by atoms with Gasteiger partial charge in [-0.15, -0.1) is 0 Å². The van der Waals surface area contributed by atoms with Crippen LogP contribution in [0.5, 0.6) is 0 Å². The molecule has 1 saturated heterocycles. The molecule has 1 aliphatic rings. The fourth-order valence-corrected chi connectivity index (χ4v) is 4.21. The van der Waals surface area contributed by atoms with Crippen molar-refractivity contribution in [2.45, 2.75) is 0 Å². The monoisotopic (exact) mass is 444 g/mol. The minimum absolute atomic E-state index is 0.0710. The van der Waals surface area contributed by atoms with Crippen LogP contribution >= 0.6 is 27.5 Å². The number of hydrogen-bond acceptors (Lipinski definition) is 4. The van der Waals surface area contributed by atoms with Crippen LogP contribution in [-0.2, 0) is 0 Å². The summed E-state index contributed by atoms with van der Waals surface area (Å²) in [4.78, 5) is 28.8. The van der Waals surface area contributed by atoms with E-state index in [-0.39, 0.29) is 11.9 Å². The van der Waals surface area contributed by atoms with E-state index in [1.165, 1.54) is 11.5 Å². The molecule has 0 bridgehead atoms. The van der Waals surface area contributed by atoms with Crippen LogP contribution in [0.25, 0.3) is 10.1 Å². The topological polar surface area (TPSA) is 65.5 Å². The van der Waals surface area contributed by atoms with Gasteiger partial charge in [-0.1, -0.05) is 30.3 Å². The van der Waals surface area contributed by atoms with Crippen LogP contribution in [0.1, 0.15) is 10.5 Å². The molecule has 3 amide bonds. The van der Waals surface area contributed by atoms with Gasteiger partial charge in [0.05, 0.1) is 10.4 Å². The number of amides is 3. The Bertz CT molecular complexity index is 998. The second kappa shape index (κ2) is 7.66. The van der Waals surface area contributed by atoms with Gasteiger partial charge in [-0.3, -0.25) is 4.79 Å². The van der Waals surface area contributed by atoms with Crippen molar-refractivity contribution in [1.29, 1.82) is 0 Å².